The third-order valence-corrected chi connectivity index (χ3v) is 4.28. The average Bonchev–Trinajstić information content (AvgIpc) is 3.08. The van der Waals surface area contributed by atoms with Crippen LogP contribution >= 0.6 is 0 Å². The Hall–Kier alpha value is -3.41. The van der Waals surface area contributed by atoms with Gasteiger partial charge in [0.15, 0.2) is 17.4 Å². The molecule has 0 radical (unpaired) electrons. The van der Waals surface area contributed by atoms with Crippen molar-refractivity contribution >= 4 is 11.0 Å². The van der Waals surface area contributed by atoms with E-state index in [-0.39, 0.29) is 0 Å². The van der Waals surface area contributed by atoms with Crippen molar-refractivity contribution in [2.75, 3.05) is 7.11 Å². The van der Waals surface area contributed by atoms with Gasteiger partial charge in [-0.2, -0.15) is 0 Å². The fourth-order valence-electron chi connectivity index (χ4n) is 2.98. The first kappa shape index (κ1) is 16.1. The summed E-state index contributed by atoms with van der Waals surface area (Å²) in [6.07, 6.45) is 3.34. The standard InChI is InChI=1S/C20H14F2N2O2/c1-26-18-5-3-2-4-13(18)15-10-24-20-14(15)6-12(9-23-20)11-7-16(21)19(25)17(22)8-11/h2-10,25H,1H3,(H,23,24). The molecule has 0 aliphatic carbocycles. The van der Waals surface area contributed by atoms with E-state index >= 15 is 0 Å². The maximum atomic E-state index is 13.7. The number of para-hydroxylation sites is 1. The number of benzene rings is 2. The van der Waals surface area contributed by atoms with Crippen molar-refractivity contribution in [1.82, 2.24) is 9.97 Å². The van der Waals surface area contributed by atoms with E-state index in [0.717, 1.165) is 28.6 Å². The van der Waals surface area contributed by atoms with Gasteiger partial charge < -0.3 is 14.8 Å². The van der Waals surface area contributed by atoms with E-state index in [1.807, 2.05) is 30.5 Å². The fourth-order valence-corrected chi connectivity index (χ4v) is 2.98. The maximum absolute atomic E-state index is 13.7. The molecule has 0 amide bonds. The monoisotopic (exact) mass is 352 g/mol. The van der Waals surface area contributed by atoms with Gasteiger partial charge in [0.05, 0.1) is 7.11 Å². The van der Waals surface area contributed by atoms with Crippen LogP contribution in [0.3, 0.4) is 0 Å². The van der Waals surface area contributed by atoms with Crippen molar-refractivity contribution in [2.24, 2.45) is 0 Å². The molecule has 2 aromatic carbocycles. The van der Waals surface area contributed by atoms with Crippen LogP contribution < -0.4 is 4.74 Å². The highest BCUT2D eigenvalue weighted by Gasteiger charge is 2.15. The number of fused-ring (bicyclic) bond motifs is 1. The molecule has 4 aromatic rings. The highest BCUT2D eigenvalue weighted by molar-refractivity contribution is 5.97. The van der Waals surface area contributed by atoms with Crippen molar-refractivity contribution in [2.45, 2.75) is 0 Å². The quantitative estimate of drug-likeness (QED) is 0.552. The molecule has 0 unspecified atom stereocenters. The Kier molecular flexibility index (Phi) is 3.80. The first-order valence-electron chi connectivity index (χ1n) is 7.87. The molecule has 0 saturated heterocycles. The number of phenolic OH excluding ortho intramolecular Hbond substituents is 1. The molecule has 6 heteroatoms. The van der Waals surface area contributed by atoms with Crippen molar-refractivity contribution in [3.63, 3.8) is 0 Å². The Balaban J connectivity index is 1.91. The highest BCUT2D eigenvalue weighted by Crippen LogP contribution is 2.36. The number of phenols is 1. The number of halogens is 2. The highest BCUT2D eigenvalue weighted by atomic mass is 19.1. The zero-order valence-electron chi connectivity index (χ0n) is 13.8. The third kappa shape index (κ3) is 2.56. The van der Waals surface area contributed by atoms with E-state index in [4.69, 9.17) is 4.74 Å². The van der Waals surface area contributed by atoms with Gasteiger partial charge in [0, 0.05) is 34.5 Å². The van der Waals surface area contributed by atoms with Crippen LogP contribution in [0.15, 0.2) is 54.9 Å². The van der Waals surface area contributed by atoms with Crippen LogP contribution in [0.4, 0.5) is 8.78 Å². The number of hydrogen-bond donors (Lipinski definition) is 2. The van der Waals surface area contributed by atoms with Crippen molar-refractivity contribution in [3.8, 4) is 33.8 Å². The van der Waals surface area contributed by atoms with E-state index in [1.54, 1.807) is 13.2 Å². The second-order valence-electron chi connectivity index (χ2n) is 5.81. The SMILES string of the molecule is COc1ccccc1-c1c[nH]c2ncc(-c3cc(F)c(O)c(F)c3)cc12. The number of H-pyrrole nitrogens is 1. The number of pyridine rings is 1. The van der Waals surface area contributed by atoms with Crippen LogP contribution in [0.1, 0.15) is 0 Å². The molecule has 0 spiro atoms. The van der Waals surface area contributed by atoms with E-state index in [1.165, 1.54) is 6.20 Å². The summed E-state index contributed by atoms with van der Waals surface area (Å²) >= 11 is 0. The lowest BCUT2D eigenvalue weighted by molar-refractivity contribution is 0.396. The third-order valence-electron chi connectivity index (χ3n) is 4.28. The Labute approximate surface area is 147 Å². The maximum Gasteiger partial charge on any atom is 0.187 e. The summed E-state index contributed by atoms with van der Waals surface area (Å²) in [6.45, 7) is 0. The summed E-state index contributed by atoms with van der Waals surface area (Å²) in [5.74, 6) is -2.31. The van der Waals surface area contributed by atoms with Crippen LogP contribution in [-0.2, 0) is 0 Å². The summed E-state index contributed by atoms with van der Waals surface area (Å²) in [5.41, 5.74) is 3.22. The number of methoxy groups -OCH3 is 1. The molecule has 0 fully saturated rings. The van der Waals surface area contributed by atoms with E-state index in [9.17, 15) is 13.9 Å². The van der Waals surface area contributed by atoms with Gasteiger partial charge in [-0.1, -0.05) is 18.2 Å². The predicted octanol–water partition coefficient (Wildman–Crippen LogP) is 4.89. The minimum Gasteiger partial charge on any atom is -0.503 e. The van der Waals surface area contributed by atoms with Crippen LogP contribution in [0.2, 0.25) is 0 Å². The topological polar surface area (TPSA) is 58.1 Å². The Bertz CT molecular complexity index is 1100. The molecule has 2 aromatic heterocycles. The summed E-state index contributed by atoms with van der Waals surface area (Å²) < 4.78 is 32.8. The molecular formula is C20H14F2N2O2. The van der Waals surface area contributed by atoms with Crippen LogP contribution in [0.25, 0.3) is 33.3 Å². The van der Waals surface area contributed by atoms with Gasteiger partial charge in [-0.25, -0.2) is 13.8 Å². The van der Waals surface area contributed by atoms with E-state index < -0.39 is 17.4 Å². The molecule has 4 nitrogen and oxygen atoms in total. The van der Waals surface area contributed by atoms with Crippen molar-refractivity contribution < 1.29 is 18.6 Å². The number of aromatic nitrogens is 2. The fraction of sp³-hybridized carbons (Fsp3) is 0.0500. The predicted molar refractivity (Wildman–Crippen MR) is 95.1 cm³/mol. The first-order chi connectivity index (χ1) is 12.6. The molecule has 0 atom stereocenters. The number of hydrogen-bond acceptors (Lipinski definition) is 3. The number of nitrogens with one attached hydrogen (secondary N) is 1. The number of rotatable bonds is 3. The molecule has 0 saturated carbocycles. The Morgan fingerprint density at radius 2 is 1.73 bits per heavy atom. The van der Waals surface area contributed by atoms with Crippen molar-refractivity contribution in [3.05, 3.63) is 66.5 Å². The first-order valence-corrected chi connectivity index (χ1v) is 7.87. The molecule has 0 aliphatic rings. The lowest BCUT2D eigenvalue weighted by Crippen LogP contribution is -1.89. The van der Waals surface area contributed by atoms with Gasteiger partial charge in [0.25, 0.3) is 0 Å². The average molecular weight is 352 g/mol. The molecule has 2 N–H and O–H groups in total. The molecule has 2 heterocycles. The van der Waals surface area contributed by atoms with Crippen LogP contribution in [0.5, 0.6) is 11.5 Å². The normalized spacial score (nSPS) is 11.0. The van der Waals surface area contributed by atoms with Gasteiger partial charge in [-0.3, -0.25) is 0 Å². The minimum atomic E-state index is -1.01. The molecule has 0 bridgehead atoms. The summed E-state index contributed by atoms with van der Waals surface area (Å²) in [5, 5.41) is 10.1. The second-order valence-corrected chi connectivity index (χ2v) is 5.81. The zero-order chi connectivity index (χ0) is 18.3. The Morgan fingerprint density at radius 3 is 2.46 bits per heavy atom. The minimum absolute atomic E-state index is 0.291. The largest absolute Gasteiger partial charge is 0.503 e. The summed E-state index contributed by atoms with van der Waals surface area (Å²) in [4.78, 5) is 7.43. The van der Waals surface area contributed by atoms with Crippen LogP contribution in [0, 0.1) is 11.6 Å². The van der Waals surface area contributed by atoms with Gasteiger partial charge >= 0.3 is 0 Å². The molecule has 0 aliphatic heterocycles. The molecule has 130 valence electrons. The lowest BCUT2D eigenvalue weighted by atomic mass is 10.0. The van der Waals surface area contributed by atoms with E-state index in [0.29, 0.717) is 22.5 Å². The molecule has 26 heavy (non-hydrogen) atoms. The molecule has 4 rings (SSSR count). The molecular weight excluding hydrogens is 338 g/mol. The van der Waals surface area contributed by atoms with Gasteiger partial charge in [-0.05, 0) is 29.8 Å². The Morgan fingerprint density at radius 1 is 1.00 bits per heavy atom. The van der Waals surface area contributed by atoms with Crippen LogP contribution in [-0.4, -0.2) is 22.2 Å². The number of aromatic hydroxyl groups is 1. The number of ether oxygens (including phenoxy) is 1. The summed E-state index contributed by atoms with van der Waals surface area (Å²) in [7, 11) is 1.60. The van der Waals surface area contributed by atoms with Crippen molar-refractivity contribution in [1.29, 1.82) is 0 Å². The van der Waals surface area contributed by atoms with E-state index in [2.05, 4.69) is 9.97 Å². The van der Waals surface area contributed by atoms with Gasteiger partial charge in [-0.15, -0.1) is 0 Å². The smallest absolute Gasteiger partial charge is 0.187 e. The summed E-state index contributed by atoms with van der Waals surface area (Å²) in [6, 6.07) is 11.5. The number of nitrogens with zero attached hydrogens (tertiary/aromatic N) is 1. The number of aromatic amines is 1. The second kappa shape index (κ2) is 6.15. The zero-order valence-corrected chi connectivity index (χ0v) is 13.8. The van der Waals surface area contributed by atoms with Gasteiger partial charge in [0.2, 0.25) is 0 Å². The lowest BCUT2D eigenvalue weighted by Gasteiger charge is -2.08. The van der Waals surface area contributed by atoms with Gasteiger partial charge in [0.1, 0.15) is 11.4 Å².